The Morgan fingerprint density at radius 3 is 2.81 bits per heavy atom. The molecule has 0 aliphatic carbocycles. The maximum absolute atomic E-state index is 11.7. The van der Waals surface area contributed by atoms with Gasteiger partial charge < -0.3 is 19.7 Å². The lowest BCUT2D eigenvalue weighted by Crippen LogP contribution is -2.18. The van der Waals surface area contributed by atoms with Crippen LogP contribution in [0.1, 0.15) is 18.9 Å². The summed E-state index contributed by atoms with van der Waals surface area (Å²) >= 11 is 0. The van der Waals surface area contributed by atoms with E-state index in [9.17, 15) is 9.90 Å². The Morgan fingerprint density at radius 1 is 1.29 bits per heavy atom. The zero-order valence-corrected chi connectivity index (χ0v) is 12.3. The van der Waals surface area contributed by atoms with Crippen molar-refractivity contribution >= 4 is 5.69 Å². The van der Waals surface area contributed by atoms with Crippen LogP contribution in [-0.2, 0) is 13.1 Å². The molecule has 2 rings (SSSR count). The normalized spacial score (nSPS) is 10.4. The number of methoxy groups -OCH3 is 1. The summed E-state index contributed by atoms with van der Waals surface area (Å²) in [5, 5.41) is 13.0. The highest BCUT2D eigenvalue weighted by atomic mass is 16.5. The maximum Gasteiger partial charge on any atom is 0.250 e. The molecule has 2 N–H and O–H groups in total. The molecule has 0 bridgehead atoms. The van der Waals surface area contributed by atoms with Crippen LogP contribution in [0.5, 0.6) is 11.5 Å². The second-order valence-electron chi connectivity index (χ2n) is 4.80. The molecular weight excluding hydrogens is 268 g/mol. The highest BCUT2D eigenvalue weighted by Gasteiger charge is 2.04. The number of phenols is 1. The fourth-order valence-corrected chi connectivity index (χ4v) is 2.08. The molecule has 1 heterocycles. The van der Waals surface area contributed by atoms with E-state index in [-0.39, 0.29) is 11.3 Å². The Hall–Kier alpha value is -2.43. The second kappa shape index (κ2) is 6.83. The number of hydrogen-bond donors (Lipinski definition) is 2. The van der Waals surface area contributed by atoms with Crippen LogP contribution in [0, 0.1) is 0 Å². The van der Waals surface area contributed by atoms with Gasteiger partial charge in [0.25, 0.3) is 5.56 Å². The number of hydrogen-bond acceptors (Lipinski definition) is 4. The van der Waals surface area contributed by atoms with Gasteiger partial charge in [0.05, 0.1) is 12.8 Å². The number of nitrogens with one attached hydrogen (secondary N) is 1. The van der Waals surface area contributed by atoms with Gasteiger partial charge in [-0.05, 0) is 30.7 Å². The summed E-state index contributed by atoms with van der Waals surface area (Å²) < 4.78 is 6.82. The second-order valence-corrected chi connectivity index (χ2v) is 4.80. The van der Waals surface area contributed by atoms with Crippen molar-refractivity contribution in [1.29, 1.82) is 0 Å². The summed E-state index contributed by atoms with van der Waals surface area (Å²) in [6, 6.07) is 8.38. The molecule has 112 valence electrons. The average Bonchev–Trinajstić information content (AvgIpc) is 2.49. The molecule has 1 aromatic heterocycles. The van der Waals surface area contributed by atoms with Gasteiger partial charge in [0.15, 0.2) is 0 Å². The number of pyridine rings is 1. The first kappa shape index (κ1) is 15.0. The highest BCUT2D eigenvalue weighted by Crippen LogP contribution is 2.23. The van der Waals surface area contributed by atoms with Gasteiger partial charge in [-0.25, -0.2) is 0 Å². The van der Waals surface area contributed by atoms with Gasteiger partial charge in [0.1, 0.15) is 11.5 Å². The molecule has 0 atom stereocenters. The predicted octanol–water partition coefficient (Wildman–Crippen LogP) is 2.58. The molecule has 0 radical (unpaired) electrons. The van der Waals surface area contributed by atoms with Crippen molar-refractivity contribution < 1.29 is 9.84 Å². The number of aryl methyl sites for hydroxylation is 1. The van der Waals surface area contributed by atoms with E-state index in [1.807, 2.05) is 6.92 Å². The van der Waals surface area contributed by atoms with Crippen molar-refractivity contribution in [2.45, 2.75) is 26.4 Å². The lowest BCUT2D eigenvalue weighted by molar-refractivity contribution is 0.411. The average molecular weight is 288 g/mol. The number of phenolic OH excluding ortho intramolecular Hbond substituents is 1. The quantitative estimate of drug-likeness (QED) is 0.857. The van der Waals surface area contributed by atoms with Gasteiger partial charge in [-0.3, -0.25) is 4.79 Å². The number of aromatic hydroxyl groups is 1. The van der Waals surface area contributed by atoms with E-state index in [0.717, 1.165) is 17.7 Å². The van der Waals surface area contributed by atoms with E-state index in [1.54, 1.807) is 48.2 Å². The molecule has 0 amide bonds. The van der Waals surface area contributed by atoms with Gasteiger partial charge in [-0.1, -0.05) is 6.92 Å². The molecule has 0 aliphatic rings. The largest absolute Gasteiger partial charge is 0.508 e. The van der Waals surface area contributed by atoms with E-state index in [4.69, 9.17) is 4.74 Å². The molecule has 0 fully saturated rings. The zero-order chi connectivity index (χ0) is 15.2. The van der Waals surface area contributed by atoms with E-state index in [1.165, 1.54) is 0 Å². The van der Waals surface area contributed by atoms with E-state index in [0.29, 0.717) is 18.8 Å². The molecule has 21 heavy (non-hydrogen) atoms. The topological polar surface area (TPSA) is 63.5 Å². The number of rotatable bonds is 6. The summed E-state index contributed by atoms with van der Waals surface area (Å²) in [4.78, 5) is 11.7. The third-order valence-electron chi connectivity index (χ3n) is 3.22. The molecule has 5 heteroatoms. The number of aromatic nitrogens is 1. The van der Waals surface area contributed by atoms with Gasteiger partial charge in [-0.2, -0.15) is 0 Å². The van der Waals surface area contributed by atoms with E-state index < -0.39 is 0 Å². The fraction of sp³-hybridized carbons (Fsp3) is 0.312. The van der Waals surface area contributed by atoms with Crippen LogP contribution in [-0.4, -0.2) is 16.8 Å². The van der Waals surface area contributed by atoms with Crippen LogP contribution in [0.3, 0.4) is 0 Å². The first-order valence-electron chi connectivity index (χ1n) is 6.94. The Labute approximate surface area is 123 Å². The van der Waals surface area contributed by atoms with Crippen LogP contribution in [0.2, 0.25) is 0 Å². The van der Waals surface area contributed by atoms with Crippen molar-refractivity contribution in [2.24, 2.45) is 0 Å². The molecular formula is C16H20N2O3. The number of anilines is 1. The third kappa shape index (κ3) is 3.78. The molecule has 0 saturated heterocycles. The zero-order valence-electron chi connectivity index (χ0n) is 12.3. The number of nitrogens with zero attached hydrogens (tertiary/aromatic N) is 1. The van der Waals surface area contributed by atoms with Crippen molar-refractivity contribution in [3.8, 4) is 11.5 Å². The Balaban J connectivity index is 2.13. The molecule has 1 aromatic carbocycles. The highest BCUT2D eigenvalue weighted by molar-refractivity contribution is 5.45. The third-order valence-corrected chi connectivity index (χ3v) is 3.22. The standard InChI is InChI=1S/C16H20N2O3/c1-3-8-18-11-13(4-7-16(18)20)17-10-12-9-14(21-2)5-6-15(12)19/h4-7,9,11,17,19H,3,8,10H2,1-2H3. The first-order chi connectivity index (χ1) is 10.1. The summed E-state index contributed by atoms with van der Waals surface area (Å²) in [6.07, 6.45) is 2.70. The smallest absolute Gasteiger partial charge is 0.250 e. The molecule has 0 aliphatic heterocycles. The fourth-order valence-electron chi connectivity index (χ4n) is 2.08. The minimum atomic E-state index is -0.00775. The van der Waals surface area contributed by atoms with Crippen LogP contribution in [0.15, 0.2) is 41.3 Å². The van der Waals surface area contributed by atoms with Crippen molar-refractivity contribution in [3.63, 3.8) is 0 Å². The molecule has 0 unspecified atom stereocenters. The predicted molar refractivity (Wildman–Crippen MR) is 83.0 cm³/mol. The molecule has 0 spiro atoms. The first-order valence-corrected chi connectivity index (χ1v) is 6.94. The minimum Gasteiger partial charge on any atom is -0.508 e. The summed E-state index contributed by atoms with van der Waals surface area (Å²) in [7, 11) is 1.59. The number of benzene rings is 1. The van der Waals surface area contributed by atoms with E-state index >= 15 is 0 Å². The van der Waals surface area contributed by atoms with Gasteiger partial charge in [0.2, 0.25) is 0 Å². The van der Waals surface area contributed by atoms with E-state index in [2.05, 4.69) is 5.32 Å². The van der Waals surface area contributed by atoms with Crippen molar-refractivity contribution in [3.05, 3.63) is 52.4 Å². The Morgan fingerprint density at radius 2 is 2.10 bits per heavy atom. The van der Waals surface area contributed by atoms with Gasteiger partial charge in [-0.15, -0.1) is 0 Å². The van der Waals surface area contributed by atoms with Gasteiger partial charge in [0, 0.05) is 30.9 Å². The van der Waals surface area contributed by atoms with Crippen LogP contribution in [0.25, 0.3) is 0 Å². The lowest BCUT2D eigenvalue weighted by atomic mass is 10.2. The van der Waals surface area contributed by atoms with Gasteiger partial charge >= 0.3 is 0 Å². The number of ether oxygens (including phenoxy) is 1. The molecule has 5 nitrogen and oxygen atoms in total. The summed E-state index contributed by atoms with van der Waals surface area (Å²) in [6.45, 7) is 3.17. The van der Waals surface area contributed by atoms with Crippen molar-refractivity contribution in [2.75, 3.05) is 12.4 Å². The Bertz CT molecular complexity index is 665. The minimum absolute atomic E-state index is 0.00775. The summed E-state index contributed by atoms with van der Waals surface area (Å²) in [5.41, 5.74) is 1.57. The molecule has 0 saturated carbocycles. The summed E-state index contributed by atoms with van der Waals surface area (Å²) in [5.74, 6) is 0.908. The monoisotopic (exact) mass is 288 g/mol. The lowest BCUT2D eigenvalue weighted by Gasteiger charge is -2.11. The van der Waals surface area contributed by atoms with Crippen molar-refractivity contribution in [1.82, 2.24) is 4.57 Å². The SMILES string of the molecule is CCCn1cc(NCc2cc(OC)ccc2O)ccc1=O. The maximum atomic E-state index is 11.7. The molecule has 2 aromatic rings. The Kier molecular flexibility index (Phi) is 4.87. The van der Waals surface area contributed by atoms with Crippen LogP contribution < -0.4 is 15.6 Å². The van der Waals surface area contributed by atoms with Crippen LogP contribution >= 0.6 is 0 Å². The van der Waals surface area contributed by atoms with Crippen LogP contribution in [0.4, 0.5) is 5.69 Å².